The van der Waals surface area contributed by atoms with E-state index in [1.807, 2.05) is 35.2 Å². The summed E-state index contributed by atoms with van der Waals surface area (Å²) in [6.07, 6.45) is 5.07. The fourth-order valence-electron chi connectivity index (χ4n) is 4.13. The smallest absolute Gasteiger partial charge is 0.255 e. The van der Waals surface area contributed by atoms with Gasteiger partial charge < -0.3 is 9.80 Å². The molecule has 0 spiro atoms. The molecule has 2 aromatic rings. The Kier molecular flexibility index (Phi) is 5.47. The first-order valence-electron chi connectivity index (χ1n) is 10.3. The Balaban J connectivity index is 1.41. The first-order valence-corrected chi connectivity index (χ1v) is 10.3. The third-order valence-corrected chi connectivity index (χ3v) is 6.02. The molecule has 4 heteroatoms. The lowest BCUT2D eigenvalue weighted by atomic mass is 9.90. The second-order valence-corrected chi connectivity index (χ2v) is 8.11. The molecule has 1 aliphatic heterocycles. The van der Waals surface area contributed by atoms with Gasteiger partial charge in [0, 0.05) is 26.1 Å². The third-order valence-electron chi connectivity index (χ3n) is 6.02. The molecule has 0 aromatic heterocycles. The normalized spacial score (nSPS) is 17.4. The molecule has 2 aromatic carbocycles. The van der Waals surface area contributed by atoms with E-state index in [-0.39, 0.29) is 17.7 Å². The Morgan fingerprint density at radius 1 is 0.929 bits per heavy atom. The van der Waals surface area contributed by atoms with Crippen molar-refractivity contribution in [2.24, 2.45) is 11.8 Å². The highest BCUT2D eigenvalue weighted by Crippen LogP contribution is 2.33. The van der Waals surface area contributed by atoms with E-state index >= 15 is 0 Å². The molecule has 0 atom stereocenters. The third kappa shape index (κ3) is 4.11. The molecule has 4 rings (SSSR count). The summed E-state index contributed by atoms with van der Waals surface area (Å²) in [6.45, 7) is 1.57. The van der Waals surface area contributed by atoms with Crippen LogP contribution in [-0.2, 0) is 11.2 Å². The lowest BCUT2D eigenvalue weighted by Gasteiger charge is -2.33. The van der Waals surface area contributed by atoms with E-state index in [4.69, 9.17) is 0 Å². The maximum atomic E-state index is 13.2. The van der Waals surface area contributed by atoms with Crippen LogP contribution in [-0.4, -0.2) is 36.9 Å². The van der Waals surface area contributed by atoms with E-state index in [9.17, 15) is 9.59 Å². The fraction of sp³-hybridized carbons (Fsp3) is 0.417. The molecule has 2 amide bonds. The van der Waals surface area contributed by atoms with Gasteiger partial charge in [0.25, 0.3) is 5.91 Å². The summed E-state index contributed by atoms with van der Waals surface area (Å²) >= 11 is 0. The molecule has 4 nitrogen and oxygen atoms in total. The van der Waals surface area contributed by atoms with Crippen LogP contribution in [0.5, 0.6) is 0 Å². The minimum absolute atomic E-state index is 0.0456. The number of anilines is 1. The van der Waals surface area contributed by atoms with Crippen molar-refractivity contribution in [1.82, 2.24) is 4.90 Å². The van der Waals surface area contributed by atoms with Gasteiger partial charge in [-0.15, -0.1) is 0 Å². The predicted molar refractivity (Wildman–Crippen MR) is 111 cm³/mol. The minimum atomic E-state index is 0.0456. The van der Waals surface area contributed by atoms with Gasteiger partial charge in [-0.1, -0.05) is 42.5 Å². The zero-order valence-corrected chi connectivity index (χ0v) is 16.5. The summed E-state index contributed by atoms with van der Waals surface area (Å²) in [7, 11) is 1.79. The molecule has 1 saturated heterocycles. The van der Waals surface area contributed by atoms with Crippen LogP contribution in [0, 0.1) is 11.8 Å². The monoisotopic (exact) mass is 376 g/mol. The molecule has 2 aliphatic rings. The summed E-state index contributed by atoms with van der Waals surface area (Å²) in [5.41, 5.74) is 2.74. The Labute approximate surface area is 167 Å². The van der Waals surface area contributed by atoms with Gasteiger partial charge in [-0.25, -0.2) is 0 Å². The number of hydrogen-bond acceptors (Lipinski definition) is 2. The fourth-order valence-corrected chi connectivity index (χ4v) is 4.13. The van der Waals surface area contributed by atoms with Crippen molar-refractivity contribution >= 4 is 17.5 Å². The Morgan fingerprint density at radius 2 is 1.57 bits per heavy atom. The summed E-state index contributed by atoms with van der Waals surface area (Å²) < 4.78 is 0. The number of benzene rings is 2. The molecule has 0 radical (unpaired) electrons. The highest BCUT2D eigenvalue weighted by molar-refractivity contribution is 6.05. The van der Waals surface area contributed by atoms with Crippen LogP contribution in [0.4, 0.5) is 5.69 Å². The van der Waals surface area contributed by atoms with E-state index in [0.717, 1.165) is 50.9 Å². The molecule has 146 valence electrons. The zero-order valence-electron chi connectivity index (χ0n) is 16.5. The van der Waals surface area contributed by atoms with Crippen LogP contribution in [0.2, 0.25) is 0 Å². The quantitative estimate of drug-likeness (QED) is 0.786. The van der Waals surface area contributed by atoms with Crippen LogP contribution in [0.3, 0.4) is 0 Å². The number of carbonyl (C=O) groups excluding carboxylic acids is 2. The summed E-state index contributed by atoms with van der Waals surface area (Å²) in [6, 6.07) is 18.1. The number of likely N-dealkylation sites (tertiary alicyclic amines) is 1. The molecule has 0 N–H and O–H groups in total. The van der Waals surface area contributed by atoms with Crippen LogP contribution >= 0.6 is 0 Å². The molecule has 0 bridgehead atoms. The molecular formula is C24H28N2O2. The van der Waals surface area contributed by atoms with Crippen LogP contribution in [0.25, 0.3) is 0 Å². The zero-order chi connectivity index (χ0) is 19.5. The first kappa shape index (κ1) is 18.7. The van der Waals surface area contributed by atoms with Gasteiger partial charge in [-0.3, -0.25) is 9.59 Å². The molecule has 28 heavy (non-hydrogen) atoms. The van der Waals surface area contributed by atoms with Crippen molar-refractivity contribution < 1.29 is 9.59 Å². The van der Waals surface area contributed by atoms with E-state index < -0.39 is 0 Å². The van der Waals surface area contributed by atoms with E-state index in [1.165, 1.54) is 5.56 Å². The molecule has 2 fully saturated rings. The molecule has 1 aliphatic carbocycles. The topological polar surface area (TPSA) is 40.6 Å². The number of para-hydroxylation sites is 1. The average molecular weight is 377 g/mol. The highest BCUT2D eigenvalue weighted by atomic mass is 16.2. The van der Waals surface area contributed by atoms with Crippen LogP contribution < -0.4 is 4.90 Å². The Morgan fingerprint density at radius 3 is 2.25 bits per heavy atom. The van der Waals surface area contributed by atoms with Crippen molar-refractivity contribution in [2.75, 3.05) is 25.0 Å². The van der Waals surface area contributed by atoms with Crippen molar-refractivity contribution in [1.29, 1.82) is 0 Å². The van der Waals surface area contributed by atoms with Gasteiger partial charge in [-0.2, -0.15) is 0 Å². The number of amides is 2. The summed E-state index contributed by atoms with van der Waals surface area (Å²) in [4.78, 5) is 29.3. The lowest BCUT2D eigenvalue weighted by molar-refractivity contribution is -0.119. The average Bonchev–Trinajstić information content (AvgIpc) is 3.59. The number of hydrogen-bond donors (Lipinski definition) is 0. The molecular weight excluding hydrogens is 348 g/mol. The standard InChI is InChI=1S/C24H28N2O2/c1-25(23(27)20-11-12-20)22-10-6-5-9-21(22)24(28)26-15-13-19(14-16-26)17-18-7-3-2-4-8-18/h2-10,19-20H,11-17H2,1H3. The van der Waals surface area contributed by atoms with E-state index in [0.29, 0.717) is 11.5 Å². The largest absolute Gasteiger partial charge is 0.339 e. The second kappa shape index (κ2) is 8.17. The van der Waals surface area contributed by atoms with Gasteiger partial charge in [0.05, 0.1) is 11.3 Å². The second-order valence-electron chi connectivity index (χ2n) is 8.11. The molecule has 0 unspecified atom stereocenters. The van der Waals surface area contributed by atoms with Gasteiger partial charge in [-0.05, 0) is 55.7 Å². The van der Waals surface area contributed by atoms with Gasteiger partial charge in [0.1, 0.15) is 0 Å². The SMILES string of the molecule is CN(C(=O)C1CC1)c1ccccc1C(=O)N1CCC(Cc2ccccc2)CC1. The predicted octanol–water partition coefficient (Wildman–Crippen LogP) is 4.15. The lowest BCUT2D eigenvalue weighted by Crippen LogP contribution is -2.40. The van der Waals surface area contributed by atoms with Crippen molar-refractivity contribution in [3.63, 3.8) is 0 Å². The minimum Gasteiger partial charge on any atom is -0.339 e. The Hall–Kier alpha value is -2.62. The van der Waals surface area contributed by atoms with Gasteiger partial charge in [0.2, 0.25) is 5.91 Å². The maximum absolute atomic E-state index is 13.2. The first-order chi connectivity index (χ1) is 13.6. The molecule has 1 saturated carbocycles. The van der Waals surface area contributed by atoms with Crippen LogP contribution in [0.15, 0.2) is 54.6 Å². The number of carbonyl (C=O) groups is 2. The maximum Gasteiger partial charge on any atom is 0.255 e. The van der Waals surface area contributed by atoms with E-state index in [1.54, 1.807) is 11.9 Å². The van der Waals surface area contributed by atoms with E-state index in [2.05, 4.69) is 24.3 Å². The van der Waals surface area contributed by atoms with Gasteiger partial charge in [0.15, 0.2) is 0 Å². The van der Waals surface area contributed by atoms with Crippen molar-refractivity contribution in [3.05, 3.63) is 65.7 Å². The number of rotatable bonds is 5. The highest BCUT2D eigenvalue weighted by Gasteiger charge is 2.34. The summed E-state index contributed by atoms with van der Waals surface area (Å²) in [5, 5.41) is 0. The number of nitrogens with zero attached hydrogens (tertiary/aromatic N) is 2. The summed E-state index contributed by atoms with van der Waals surface area (Å²) in [5.74, 6) is 0.939. The van der Waals surface area contributed by atoms with Crippen molar-refractivity contribution in [2.45, 2.75) is 32.1 Å². The molecule has 1 heterocycles. The Bertz CT molecular complexity index is 837. The van der Waals surface area contributed by atoms with Gasteiger partial charge >= 0.3 is 0 Å². The van der Waals surface area contributed by atoms with Crippen LogP contribution in [0.1, 0.15) is 41.6 Å². The number of piperidine rings is 1. The van der Waals surface area contributed by atoms with Crippen molar-refractivity contribution in [3.8, 4) is 0 Å².